The van der Waals surface area contributed by atoms with Crippen molar-refractivity contribution in [2.75, 3.05) is 122 Å². The normalized spacial score (nSPS) is 31.8. The first-order valence-corrected chi connectivity index (χ1v) is 32.2. The minimum atomic E-state index is -0.907. The number of carbonyl (C=O) groups is 4. The number of piperazine rings is 1. The Morgan fingerprint density at radius 3 is 2.51 bits per heavy atom. The number of ether oxygens (including phenoxy) is 4. The van der Waals surface area contributed by atoms with Crippen LogP contribution >= 0.6 is 0 Å². The number of hydrogen-bond donors (Lipinski definition) is 2. The number of rotatable bonds is 12. The van der Waals surface area contributed by atoms with E-state index in [2.05, 4.69) is 104 Å². The Balaban J connectivity index is 0.805. The van der Waals surface area contributed by atoms with E-state index in [-0.39, 0.29) is 60.5 Å². The average molecular weight is 1140 g/mol. The number of hydrogen-bond acceptors (Lipinski definition) is 15. The number of pyridine rings is 1. The molecule has 8 aliphatic heterocycles. The maximum absolute atomic E-state index is 15.4. The van der Waals surface area contributed by atoms with Crippen molar-refractivity contribution in [2.45, 2.75) is 167 Å². The van der Waals surface area contributed by atoms with Crippen molar-refractivity contribution in [3.8, 4) is 11.3 Å². The van der Waals surface area contributed by atoms with Gasteiger partial charge in [-0.25, -0.2) is 5.43 Å². The predicted molar refractivity (Wildman–Crippen MR) is 318 cm³/mol. The third-order valence-electron chi connectivity index (χ3n) is 21.2. The van der Waals surface area contributed by atoms with E-state index in [0.29, 0.717) is 76.0 Å². The number of fused-ring (bicyclic) bond motifs is 7. The number of benzene rings is 1. The van der Waals surface area contributed by atoms with E-state index in [4.69, 9.17) is 23.9 Å². The SMILES string of the molecule is CCN1[C@H](C2CC2)[C@@H]1C(=O)N1CC[C@]2(CCN([C@H](C(=O)N[C@H]3C[C@H]4CN(CCO4)c4ccc5c(c4)c(c(-c4cc(N6CCN7CCOC[C@@H]7C6)cnc4[C@H](C)OC)n5CC)CC(C)(C)COC(=O)[C@@H]4CCCN(N4)C3=O)C3CCCC3)C2)C1. The lowest BCUT2D eigenvalue weighted by Gasteiger charge is -2.44. The number of methoxy groups -OCH3 is 1. The molecule has 9 fully saturated rings. The number of morpholine rings is 2. The fourth-order valence-corrected chi connectivity index (χ4v) is 16.5. The average Bonchev–Trinajstić information content (AvgIpc) is 2.20. The molecule has 3 aromatic rings. The quantitative estimate of drug-likeness (QED) is 0.169. The molecule has 7 saturated heterocycles. The second-order valence-corrected chi connectivity index (χ2v) is 27.3. The number of aryl methyl sites for hydroxylation is 1. The number of cyclic esters (lactones) is 1. The van der Waals surface area contributed by atoms with Crippen LogP contribution in [0.2, 0.25) is 0 Å². The van der Waals surface area contributed by atoms with Gasteiger partial charge in [0.05, 0.1) is 74.0 Å². The Kier molecular flexibility index (Phi) is 16.1. The third-order valence-corrected chi connectivity index (χ3v) is 21.2. The van der Waals surface area contributed by atoms with Gasteiger partial charge in [-0.2, -0.15) is 0 Å². The Hall–Kier alpha value is -4.89. The predicted octanol–water partition coefficient (Wildman–Crippen LogP) is 5.62. The number of hydrazine groups is 1. The first-order valence-electron chi connectivity index (χ1n) is 32.2. The van der Waals surface area contributed by atoms with Crippen molar-refractivity contribution in [2.24, 2.45) is 22.7 Å². The fraction of sp³-hybridized carbons (Fsp3) is 0.734. The summed E-state index contributed by atoms with van der Waals surface area (Å²) < 4.78 is 27.5. The van der Waals surface area contributed by atoms with Gasteiger partial charge in [0.2, 0.25) is 11.8 Å². The molecule has 6 bridgehead atoms. The number of anilines is 2. The molecule has 1 aromatic carbocycles. The first kappa shape index (κ1) is 57.2. The first-order chi connectivity index (χ1) is 40.2. The van der Waals surface area contributed by atoms with Crippen LogP contribution < -0.4 is 20.5 Å². The molecule has 3 amide bonds. The number of nitrogens with zero attached hydrogens (tertiary/aromatic N) is 9. The highest BCUT2D eigenvalue weighted by molar-refractivity contribution is 5.95. The van der Waals surface area contributed by atoms with Gasteiger partial charge < -0.3 is 43.5 Å². The van der Waals surface area contributed by atoms with Crippen molar-refractivity contribution in [3.05, 3.63) is 41.7 Å². The summed E-state index contributed by atoms with van der Waals surface area (Å²) in [5, 5.41) is 6.12. The molecule has 0 radical (unpaired) electrons. The summed E-state index contributed by atoms with van der Waals surface area (Å²) >= 11 is 0. The van der Waals surface area contributed by atoms with E-state index in [1.54, 1.807) is 12.1 Å². The number of carbonyl (C=O) groups excluding carboxylic acids is 4. The summed E-state index contributed by atoms with van der Waals surface area (Å²) in [5.41, 5.74) is 10.2. The highest BCUT2D eigenvalue weighted by Crippen LogP contribution is 2.50. The summed E-state index contributed by atoms with van der Waals surface area (Å²) in [7, 11) is 1.75. The van der Waals surface area contributed by atoms with Gasteiger partial charge in [0, 0.05) is 125 Å². The summed E-state index contributed by atoms with van der Waals surface area (Å²) in [4.78, 5) is 78.7. The molecule has 1 unspecified atom stereocenters. The zero-order valence-electron chi connectivity index (χ0n) is 50.5. The minimum Gasteiger partial charge on any atom is -0.464 e. The zero-order chi connectivity index (χ0) is 57.3. The highest BCUT2D eigenvalue weighted by atomic mass is 16.5. The lowest BCUT2D eigenvalue weighted by molar-refractivity contribution is -0.156. The van der Waals surface area contributed by atoms with Crippen LogP contribution in [0.1, 0.15) is 123 Å². The molecule has 2 aliphatic carbocycles. The smallest absolute Gasteiger partial charge is 0.324 e. The maximum Gasteiger partial charge on any atom is 0.324 e. The van der Waals surface area contributed by atoms with Gasteiger partial charge in [-0.05, 0) is 126 Å². The monoisotopic (exact) mass is 1140 g/mol. The van der Waals surface area contributed by atoms with E-state index in [9.17, 15) is 9.59 Å². The van der Waals surface area contributed by atoms with E-state index in [1.807, 2.05) is 6.20 Å². The van der Waals surface area contributed by atoms with Gasteiger partial charge in [0.15, 0.2) is 0 Å². The van der Waals surface area contributed by atoms with Crippen LogP contribution in [0, 0.1) is 22.7 Å². The van der Waals surface area contributed by atoms with E-state index in [0.717, 1.165) is 150 Å². The Morgan fingerprint density at radius 1 is 0.892 bits per heavy atom. The molecular weight excluding hydrogens is 1050 g/mol. The van der Waals surface area contributed by atoms with Crippen LogP contribution in [-0.4, -0.2) is 212 Å². The molecular formula is C64H93N11O8. The van der Waals surface area contributed by atoms with Crippen molar-refractivity contribution < 1.29 is 38.1 Å². The number of nitrogens with one attached hydrogen (secondary N) is 2. The molecule has 2 N–H and O–H groups in total. The molecule has 2 aromatic heterocycles. The molecule has 83 heavy (non-hydrogen) atoms. The number of amides is 3. The Bertz CT molecular complexity index is 2910. The maximum atomic E-state index is 15.4. The van der Waals surface area contributed by atoms with E-state index >= 15 is 9.59 Å². The summed E-state index contributed by atoms with van der Waals surface area (Å²) in [6.07, 6.45) is 11.9. The molecule has 10 atom stereocenters. The van der Waals surface area contributed by atoms with Gasteiger partial charge in [0.25, 0.3) is 5.91 Å². The lowest BCUT2D eigenvalue weighted by atomic mass is 9.84. The van der Waals surface area contributed by atoms with Crippen LogP contribution in [0.4, 0.5) is 11.4 Å². The molecule has 19 nitrogen and oxygen atoms in total. The number of likely N-dealkylation sites (tertiary alicyclic amines) is 2. The van der Waals surface area contributed by atoms with Crippen molar-refractivity contribution in [1.29, 1.82) is 0 Å². The zero-order valence-corrected chi connectivity index (χ0v) is 50.5. The van der Waals surface area contributed by atoms with Gasteiger partial charge in [-0.3, -0.25) is 43.9 Å². The summed E-state index contributed by atoms with van der Waals surface area (Å²) in [6.45, 7) is 23.0. The third kappa shape index (κ3) is 11.3. The van der Waals surface area contributed by atoms with Gasteiger partial charge in [-0.1, -0.05) is 33.6 Å². The number of aromatic nitrogens is 2. The topological polar surface area (TPSA) is 170 Å². The van der Waals surface area contributed by atoms with Crippen molar-refractivity contribution in [1.82, 2.24) is 44.9 Å². The van der Waals surface area contributed by atoms with Crippen molar-refractivity contribution in [3.63, 3.8) is 0 Å². The highest BCUT2D eigenvalue weighted by Gasteiger charge is 2.60. The Morgan fingerprint density at radius 2 is 1.71 bits per heavy atom. The molecule has 10 aliphatic rings. The minimum absolute atomic E-state index is 0.0367. The standard InChI is InChI=1S/C64H93N11O8/c1-7-73-53-18-17-44-30-48(53)50(57(73)49-31-45(34-65-54(49)41(3)80-6)69-25-24-68-26-28-81-37-46(68)35-69)33-63(4,5)40-83-62(79)51-14-11-21-75(67-51)60(77)52(32-47-36-70(44)27-29-82-47)66-59(76)56(42-12-9-10-13-42)71-22-19-64(38-71)20-23-72(39-64)61(78)58-55(43-15-16-43)74(58)8-2/h17-18,30-31,34,41-43,46-47,51-52,55-56,58,67H,7-16,19-29,32-33,35-40H2,1-6H3,(H,66,76)/t41-,46-,47-,51-,52-,55+,56-,58+,64-,74?/m0/s1. The van der Waals surface area contributed by atoms with Crippen LogP contribution in [0.15, 0.2) is 30.5 Å². The van der Waals surface area contributed by atoms with Crippen LogP contribution in [0.5, 0.6) is 0 Å². The number of likely N-dealkylation sites (N-methyl/N-ethyl adjacent to an activating group) is 1. The van der Waals surface area contributed by atoms with Crippen molar-refractivity contribution >= 4 is 46.0 Å². The van der Waals surface area contributed by atoms with E-state index in [1.165, 1.54) is 18.4 Å². The second kappa shape index (κ2) is 23.4. The Labute approximate surface area is 491 Å². The lowest BCUT2D eigenvalue weighted by Crippen LogP contribution is -2.62. The fourth-order valence-electron chi connectivity index (χ4n) is 16.5. The van der Waals surface area contributed by atoms with Crippen LogP contribution in [-0.2, 0) is 51.1 Å². The largest absolute Gasteiger partial charge is 0.464 e. The van der Waals surface area contributed by atoms with Gasteiger partial charge in [0.1, 0.15) is 18.1 Å². The molecule has 452 valence electrons. The molecule has 10 heterocycles. The molecule has 2 saturated carbocycles. The summed E-state index contributed by atoms with van der Waals surface area (Å²) in [6, 6.07) is 7.90. The molecule has 1 spiro atoms. The number of esters is 1. The van der Waals surface area contributed by atoms with Crippen LogP contribution in [0.25, 0.3) is 22.2 Å². The van der Waals surface area contributed by atoms with Gasteiger partial charge >= 0.3 is 5.97 Å². The second-order valence-electron chi connectivity index (χ2n) is 27.3. The molecule has 19 heteroatoms. The molecule has 13 rings (SSSR count). The van der Waals surface area contributed by atoms with E-state index < -0.39 is 23.5 Å². The van der Waals surface area contributed by atoms with Gasteiger partial charge in [-0.15, -0.1) is 0 Å². The summed E-state index contributed by atoms with van der Waals surface area (Å²) in [5.74, 6) is 0.398. The van der Waals surface area contributed by atoms with Crippen LogP contribution in [0.3, 0.4) is 0 Å².